The minimum Gasteiger partial charge on any atom is -0.456 e. The first-order valence-corrected chi connectivity index (χ1v) is 23.9. The summed E-state index contributed by atoms with van der Waals surface area (Å²) in [6.07, 6.45) is 0. The first kappa shape index (κ1) is 38.6. The van der Waals surface area contributed by atoms with Gasteiger partial charge in [-0.25, -0.2) is 0 Å². The number of nitrogens with zero attached hydrogens (tertiary/aromatic N) is 1. The molecule has 0 amide bonds. The topological polar surface area (TPSA) is 29.5 Å². The third-order valence-corrected chi connectivity index (χ3v) is 14.9. The van der Waals surface area contributed by atoms with Gasteiger partial charge in [-0.1, -0.05) is 182 Å². The number of hydrogen-bond acceptors (Lipinski definition) is 4. The average Bonchev–Trinajstić information content (AvgIpc) is 4.11. The quantitative estimate of drug-likeness (QED) is 0.160. The molecule has 0 spiro atoms. The zero-order valence-corrected chi connectivity index (χ0v) is 37.5. The van der Waals surface area contributed by atoms with E-state index in [0.717, 1.165) is 94.1 Å². The maximum Gasteiger partial charge on any atom is 0.143 e. The van der Waals surface area contributed by atoms with Crippen LogP contribution >= 0.6 is 11.3 Å². The lowest BCUT2D eigenvalue weighted by molar-refractivity contribution is 0.669. The van der Waals surface area contributed by atoms with Crippen molar-refractivity contribution in [3.8, 4) is 44.5 Å². The van der Waals surface area contributed by atoms with Crippen molar-refractivity contribution in [1.29, 1.82) is 0 Å². The van der Waals surface area contributed by atoms with Crippen LogP contribution in [0.15, 0.2) is 245 Å². The molecule has 0 saturated carbocycles. The maximum atomic E-state index is 6.80. The summed E-state index contributed by atoms with van der Waals surface area (Å²) in [5.41, 5.74) is 15.8. The largest absolute Gasteiger partial charge is 0.456 e. The van der Waals surface area contributed by atoms with Crippen molar-refractivity contribution >= 4 is 103 Å². The molecule has 14 aromatic rings. The Kier molecular flexibility index (Phi) is 8.76. The van der Waals surface area contributed by atoms with E-state index in [9.17, 15) is 0 Å². The Bertz CT molecular complexity index is 4240. The minimum absolute atomic E-state index is 0.850. The summed E-state index contributed by atoms with van der Waals surface area (Å²) >= 11 is 1.87. The second kappa shape index (κ2) is 15.5. The highest BCUT2D eigenvalue weighted by Crippen LogP contribution is 2.50. The van der Waals surface area contributed by atoms with Crippen LogP contribution in [-0.4, -0.2) is 0 Å². The van der Waals surface area contributed by atoms with Crippen LogP contribution in [0.3, 0.4) is 0 Å². The molecule has 0 N–H and O–H groups in total. The normalized spacial score (nSPS) is 11.8. The van der Waals surface area contributed by atoms with E-state index in [1.54, 1.807) is 0 Å². The number of para-hydroxylation sites is 2. The van der Waals surface area contributed by atoms with E-state index < -0.39 is 0 Å². The van der Waals surface area contributed by atoms with E-state index in [0.29, 0.717) is 0 Å². The van der Waals surface area contributed by atoms with Gasteiger partial charge in [0.15, 0.2) is 0 Å². The number of fused-ring (bicyclic) bond motifs is 11. The average molecular weight is 886 g/mol. The number of hydrogen-bond donors (Lipinski definition) is 0. The molecule has 0 aliphatic carbocycles. The van der Waals surface area contributed by atoms with Crippen LogP contribution < -0.4 is 4.90 Å². The summed E-state index contributed by atoms with van der Waals surface area (Å²) in [6, 6.07) is 85.1. The second-order valence-corrected chi connectivity index (χ2v) is 18.6. The van der Waals surface area contributed by atoms with Crippen molar-refractivity contribution in [2.75, 3.05) is 4.90 Å². The molecule has 0 fully saturated rings. The van der Waals surface area contributed by atoms with Gasteiger partial charge in [0.1, 0.15) is 22.3 Å². The Hall–Kier alpha value is -8.70. The zero-order valence-electron chi connectivity index (χ0n) is 36.7. The Morgan fingerprint density at radius 3 is 1.71 bits per heavy atom. The molecular formula is C64H39NO2S. The van der Waals surface area contributed by atoms with E-state index in [1.165, 1.54) is 42.2 Å². The highest BCUT2D eigenvalue weighted by Gasteiger charge is 2.25. The van der Waals surface area contributed by atoms with Gasteiger partial charge in [-0.15, -0.1) is 11.3 Å². The Balaban J connectivity index is 0.991. The van der Waals surface area contributed by atoms with Crippen LogP contribution in [0, 0.1) is 0 Å². The van der Waals surface area contributed by atoms with Crippen LogP contribution in [-0.2, 0) is 0 Å². The van der Waals surface area contributed by atoms with Crippen molar-refractivity contribution in [1.82, 2.24) is 0 Å². The lowest BCUT2D eigenvalue weighted by atomic mass is 9.92. The third-order valence-electron chi connectivity index (χ3n) is 13.7. The molecule has 0 saturated heterocycles. The summed E-state index contributed by atoms with van der Waals surface area (Å²) in [5, 5.41) is 9.39. The molecule has 0 bridgehead atoms. The van der Waals surface area contributed by atoms with Gasteiger partial charge < -0.3 is 13.7 Å². The fraction of sp³-hybridized carbons (Fsp3) is 0. The Labute approximate surface area is 396 Å². The number of furan rings is 2. The Morgan fingerprint density at radius 2 is 0.897 bits per heavy atom. The summed E-state index contributed by atoms with van der Waals surface area (Å²) in [4.78, 5) is 2.41. The molecule has 11 aromatic carbocycles. The van der Waals surface area contributed by atoms with Crippen molar-refractivity contribution in [3.63, 3.8) is 0 Å². The van der Waals surface area contributed by atoms with Crippen molar-refractivity contribution < 1.29 is 8.83 Å². The predicted octanol–water partition coefficient (Wildman–Crippen LogP) is 19.1. The van der Waals surface area contributed by atoms with Gasteiger partial charge in [-0.3, -0.25) is 0 Å². The summed E-state index contributed by atoms with van der Waals surface area (Å²) in [7, 11) is 0. The van der Waals surface area contributed by atoms with Crippen LogP contribution in [0.2, 0.25) is 0 Å². The van der Waals surface area contributed by atoms with E-state index >= 15 is 0 Å². The van der Waals surface area contributed by atoms with Gasteiger partial charge in [0.05, 0.1) is 5.69 Å². The first-order chi connectivity index (χ1) is 33.7. The predicted molar refractivity (Wildman–Crippen MR) is 288 cm³/mol. The summed E-state index contributed by atoms with van der Waals surface area (Å²) < 4.78 is 15.9. The monoisotopic (exact) mass is 885 g/mol. The smallest absolute Gasteiger partial charge is 0.143 e. The Morgan fingerprint density at radius 1 is 0.324 bits per heavy atom. The van der Waals surface area contributed by atoms with Crippen molar-refractivity contribution in [2.24, 2.45) is 0 Å². The lowest BCUT2D eigenvalue weighted by Crippen LogP contribution is -2.11. The molecule has 3 aromatic heterocycles. The molecule has 4 heteroatoms. The number of anilines is 3. The van der Waals surface area contributed by atoms with E-state index in [1.807, 2.05) is 23.5 Å². The highest BCUT2D eigenvalue weighted by molar-refractivity contribution is 7.26. The van der Waals surface area contributed by atoms with E-state index in [-0.39, 0.29) is 0 Å². The molecule has 0 atom stereocenters. The standard InChI is InChI=1S/C64H39NO2S/c1-2-12-40(13-3-1)41-28-33-46(34-29-41)65(47-35-30-43(31-36-47)49-18-10-20-53-51-16-6-8-22-56(51)67-63(49)53)55-37-39-58-62(61-48-15-5-4-14-42(48)32-38-57(61)66-58)60(55)45-26-24-44(25-27-45)50-19-11-21-54-52-17-7-9-23-59(52)68-64(50)54/h1-39H. The highest BCUT2D eigenvalue weighted by atomic mass is 32.1. The molecule has 0 aliphatic heterocycles. The molecule has 3 heterocycles. The van der Waals surface area contributed by atoms with Crippen LogP contribution in [0.25, 0.3) is 119 Å². The molecule has 318 valence electrons. The molecule has 14 rings (SSSR count). The number of rotatable bonds is 7. The molecule has 68 heavy (non-hydrogen) atoms. The van der Waals surface area contributed by atoms with Crippen molar-refractivity contribution in [2.45, 2.75) is 0 Å². The molecular weight excluding hydrogens is 847 g/mol. The van der Waals surface area contributed by atoms with Crippen LogP contribution in [0.4, 0.5) is 17.1 Å². The lowest BCUT2D eigenvalue weighted by Gasteiger charge is -2.29. The third kappa shape index (κ3) is 6.12. The second-order valence-electron chi connectivity index (χ2n) is 17.5. The number of thiophene rings is 1. The van der Waals surface area contributed by atoms with Gasteiger partial charge in [-0.05, 0) is 98.8 Å². The SMILES string of the molecule is c1ccc(-c2ccc(N(c3ccc(-c4cccc5c4oc4ccccc45)cc3)c3ccc4oc5ccc6ccccc6c5c4c3-c3ccc(-c4cccc5c4sc4ccccc45)cc3)cc2)cc1. The first-order valence-electron chi connectivity index (χ1n) is 23.1. The summed E-state index contributed by atoms with van der Waals surface area (Å²) in [5.74, 6) is 0. The van der Waals surface area contributed by atoms with E-state index in [2.05, 4.69) is 229 Å². The number of benzene rings is 11. The van der Waals surface area contributed by atoms with E-state index in [4.69, 9.17) is 8.83 Å². The zero-order chi connectivity index (χ0) is 44.7. The van der Waals surface area contributed by atoms with Crippen LogP contribution in [0.5, 0.6) is 0 Å². The van der Waals surface area contributed by atoms with Crippen LogP contribution in [0.1, 0.15) is 0 Å². The maximum absolute atomic E-state index is 6.80. The van der Waals surface area contributed by atoms with Gasteiger partial charge in [0, 0.05) is 64.2 Å². The molecule has 0 aliphatic rings. The fourth-order valence-electron chi connectivity index (χ4n) is 10.5. The molecule has 3 nitrogen and oxygen atoms in total. The van der Waals surface area contributed by atoms with Gasteiger partial charge >= 0.3 is 0 Å². The summed E-state index contributed by atoms with van der Waals surface area (Å²) in [6.45, 7) is 0. The van der Waals surface area contributed by atoms with Gasteiger partial charge in [-0.2, -0.15) is 0 Å². The molecule has 0 unspecified atom stereocenters. The van der Waals surface area contributed by atoms with Crippen molar-refractivity contribution in [3.05, 3.63) is 237 Å². The molecule has 0 radical (unpaired) electrons. The fourth-order valence-corrected chi connectivity index (χ4v) is 11.8. The van der Waals surface area contributed by atoms with Gasteiger partial charge in [0.25, 0.3) is 0 Å². The van der Waals surface area contributed by atoms with Gasteiger partial charge in [0.2, 0.25) is 0 Å². The minimum atomic E-state index is 0.850.